The molecular formula is C29H36ClFO. The third kappa shape index (κ3) is 6.72. The minimum absolute atomic E-state index is 0.0341. The summed E-state index contributed by atoms with van der Waals surface area (Å²) in [5.74, 6) is 0.774. The minimum Gasteiger partial charge on any atom is -0.488 e. The van der Waals surface area contributed by atoms with Crippen molar-refractivity contribution in [2.45, 2.75) is 71.6 Å². The van der Waals surface area contributed by atoms with E-state index in [2.05, 4.69) is 25.1 Å². The van der Waals surface area contributed by atoms with Crippen molar-refractivity contribution in [2.75, 3.05) is 6.61 Å². The molecule has 3 rings (SSSR count). The van der Waals surface area contributed by atoms with Gasteiger partial charge in [-0.1, -0.05) is 99.5 Å². The van der Waals surface area contributed by atoms with E-state index in [1.807, 2.05) is 31.2 Å². The first-order chi connectivity index (χ1) is 15.6. The lowest BCUT2D eigenvalue weighted by molar-refractivity contribution is 0.361. The topological polar surface area (TPSA) is 9.23 Å². The van der Waals surface area contributed by atoms with Crippen molar-refractivity contribution < 1.29 is 9.13 Å². The highest BCUT2D eigenvalue weighted by atomic mass is 35.5. The highest BCUT2D eigenvalue weighted by Crippen LogP contribution is 2.36. The van der Waals surface area contributed by atoms with Crippen LogP contribution in [0.15, 0.2) is 54.6 Å². The average molecular weight is 455 g/mol. The van der Waals surface area contributed by atoms with Gasteiger partial charge in [0.1, 0.15) is 17.4 Å². The molecule has 1 unspecified atom stereocenters. The summed E-state index contributed by atoms with van der Waals surface area (Å²) in [5.41, 5.74) is 3.99. The van der Waals surface area contributed by atoms with Crippen LogP contribution < -0.4 is 4.74 Å². The first kappa shape index (κ1) is 24.6. The second-order valence-corrected chi connectivity index (χ2v) is 9.15. The van der Waals surface area contributed by atoms with Crippen LogP contribution in [0.5, 0.6) is 5.75 Å². The summed E-state index contributed by atoms with van der Waals surface area (Å²) < 4.78 is 20.4. The predicted octanol–water partition coefficient (Wildman–Crippen LogP) is 9.64. The molecule has 1 nitrogen and oxygen atoms in total. The SMILES string of the molecule is CC=CCOc1ccc(-c2ccc(C3=CCC(CCCCCCC)CC3)cc2)c(F)c1Cl. The summed E-state index contributed by atoms with van der Waals surface area (Å²) in [6, 6.07) is 11.7. The summed E-state index contributed by atoms with van der Waals surface area (Å²) >= 11 is 6.22. The number of rotatable bonds is 11. The summed E-state index contributed by atoms with van der Waals surface area (Å²) in [7, 11) is 0. The van der Waals surface area contributed by atoms with E-state index in [-0.39, 0.29) is 5.02 Å². The Bertz CT molecular complexity index is 913. The van der Waals surface area contributed by atoms with E-state index in [0.717, 1.165) is 17.9 Å². The zero-order valence-electron chi connectivity index (χ0n) is 19.5. The maximum Gasteiger partial charge on any atom is 0.153 e. The first-order valence-corrected chi connectivity index (χ1v) is 12.5. The van der Waals surface area contributed by atoms with Crippen molar-refractivity contribution >= 4 is 17.2 Å². The van der Waals surface area contributed by atoms with Crippen LogP contribution in [-0.4, -0.2) is 6.61 Å². The molecule has 172 valence electrons. The van der Waals surface area contributed by atoms with E-state index >= 15 is 0 Å². The van der Waals surface area contributed by atoms with E-state index in [1.54, 1.807) is 12.1 Å². The van der Waals surface area contributed by atoms with Crippen LogP contribution in [0.2, 0.25) is 5.02 Å². The lowest BCUT2D eigenvalue weighted by Crippen LogP contribution is -2.05. The van der Waals surface area contributed by atoms with Gasteiger partial charge >= 0.3 is 0 Å². The zero-order valence-corrected chi connectivity index (χ0v) is 20.3. The molecular weight excluding hydrogens is 419 g/mol. The number of hydrogen-bond acceptors (Lipinski definition) is 1. The van der Waals surface area contributed by atoms with E-state index in [4.69, 9.17) is 16.3 Å². The second kappa shape index (κ2) is 12.8. The molecule has 0 aromatic heterocycles. The van der Waals surface area contributed by atoms with Crippen LogP contribution in [0.1, 0.15) is 77.2 Å². The molecule has 1 aliphatic rings. The van der Waals surface area contributed by atoms with Gasteiger partial charge in [0.2, 0.25) is 0 Å². The monoisotopic (exact) mass is 454 g/mol. The Kier molecular flexibility index (Phi) is 9.87. The number of unbranched alkanes of at least 4 members (excludes halogenated alkanes) is 4. The predicted molar refractivity (Wildman–Crippen MR) is 136 cm³/mol. The lowest BCUT2D eigenvalue weighted by Gasteiger charge is -2.22. The third-order valence-corrected chi connectivity index (χ3v) is 6.77. The van der Waals surface area contributed by atoms with E-state index in [0.29, 0.717) is 17.9 Å². The molecule has 0 amide bonds. The summed E-state index contributed by atoms with van der Waals surface area (Å²) in [5, 5.41) is 0.0341. The molecule has 0 radical (unpaired) electrons. The van der Waals surface area contributed by atoms with Crippen molar-refractivity contribution in [1.82, 2.24) is 0 Å². The smallest absolute Gasteiger partial charge is 0.153 e. The molecule has 2 aromatic carbocycles. The van der Waals surface area contributed by atoms with Crippen LogP contribution >= 0.6 is 11.6 Å². The summed E-state index contributed by atoms with van der Waals surface area (Å²) in [6.07, 6.45) is 17.9. The molecule has 0 saturated carbocycles. The van der Waals surface area contributed by atoms with Gasteiger partial charge in [-0.2, -0.15) is 0 Å². The highest BCUT2D eigenvalue weighted by Gasteiger charge is 2.17. The van der Waals surface area contributed by atoms with Crippen LogP contribution in [0.3, 0.4) is 0 Å². The molecule has 3 heteroatoms. The molecule has 0 spiro atoms. The van der Waals surface area contributed by atoms with Crippen LogP contribution in [-0.2, 0) is 0 Å². The Morgan fingerprint density at radius 2 is 1.78 bits per heavy atom. The van der Waals surface area contributed by atoms with Crippen molar-refractivity contribution in [3.05, 3.63) is 71.0 Å². The average Bonchev–Trinajstić information content (AvgIpc) is 2.82. The van der Waals surface area contributed by atoms with Crippen LogP contribution in [0.25, 0.3) is 16.7 Å². The fourth-order valence-electron chi connectivity index (χ4n) is 4.41. The molecule has 1 aliphatic carbocycles. The van der Waals surface area contributed by atoms with Crippen molar-refractivity contribution in [3.63, 3.8) is 0 Å². The zero-order chi connectivity index (χ0) is 22.8. The van der Waals surface area contributed by atoms with Gasteiger partial charge in [0.15, 0.2) is 5.82 Å². The highest BCUT2D eigenvalue weighted by molar-refractivity contribution is 6.32. The fraction of sp³-hybridized carbons (Fsp3) is 0.448. The second-order valence-electron chi connectivity index (χ2n) is 8.77. The number of halogens is 2. The van der Waals surface area contributed by atoms with Gasteiger partial charge in [-0.05, 0) is 60.9 Å². The van der Waals surface area contributed by atoms with Crippen molar-refractivity contribution in [1.29, 1.82) is 0 Å². The standard InChI is InChI=1S/C29H36ClFO/c1-3-5-7-8-9-10-22-11-13-23(14-12-22)24-15-17-25(18-16-24)26-19-20-27(28(30)29(26)31)32-21-6-4-2/h4,6,13,15-20,22H,3,5,7-12,14,21H2,1-2H3. The van der Waals surface area contributed by atoms with Crippen LogP contribution in [0.4, 0.5) is 4.39 Å². The maximum atomic E-state index is 14.9. The Labute approximate surface area is 198 Å². The lowest BCUT2D eigenvalue weighted by atomic mass is 9.83. The number of ether oxygens (including phenoxy) is 1. The summed E-state index contributed by atoms with van der Waals surface area (Å²) in [4.78, 5) is 0. The molecule has 0 N–H and O–H groups in total. The first-order valence-electron chi connectivity index (χ1n) is 12.2. The normalized spacial score (nSPS) is 16.4. The Hall–Kier alpha value is -2.06. The molecule has 32 heavy (non-hydrogen) atoms. The Morgan fingerprint density at radius 1 is 1.03 bits per heavy atom. The Balaban J connectivity index is 1.60. The van der Waals surface area contributed by atoms with Gasteiger partial charge in [0, 0.05) is 5.56 Å². The fourth-order valence-corrected chi connectivity index (χ4v) is 4.63. The molecule has 0 bridgehead atoms. The largest absolute Gasteiger partial charge is 0.488 e. The maximum absolute atomic E-state index is 14.9. The number of allylic oxidation sites excluding steroid dienone is 3. The van der Waals surface area contributed by atoms with Gasteiger partial charge in [-0.25, -0.2) is 4.39 Å². The third-order valence-electron chi connectivity index (χ3n) is 6.42. The van der Waals surface area contributed by atoms with Crippen LogP contribution in [0, 0.1) is 11.7 Å². The molecule has 1 atom stereocenters. The molecule has 0 aliphatic heterocycles. The number of hydrogen-bond donors (Lipinski definition) is 0. The van der Waals surface area contributed by atoms with E-state index in [1.165, 1.54) is 62.5 Å². The molecule has 0 fully saturated rings. The van der Waals surface area contributed by atoms with Gasteiger partial charge < -0.3 is 4.74 Å². The van der Waals surface area contributed by atoms with Gasteiger partial charge in [0.05, 0.1) is 0 Å². The van der Waals surface area contributed by atoms with Crippen molar-refractivity contribution in [2.24, 2.45) is 5.92 Å². The van der Waals surface area contributed by atoms with Gasteiger partial charge in [-0.3, -0.25) is 0 Å². The van der Waals surface area contributed by atoms with Crippen molar-refractivity contribution in [3.8, 4) is 16.9 Å². The van der Waals surface area contributed by atoms with Gasteiger partial charge in [-0.15, -0.1) is 0 Å². The van der Waals surface area contributed by atoms with Gasteiger partial charge in [0.25, 0.3) is 0 Å². The number of benzene rings is 2. The molecule has 0 saturated heterocycles. The molecule has 0 heterocycles. The summed E-state index contributed by atoms with van der Waals surface area (Å²) in [6.45, 7) is 4.55. The molecule has 2 aromatic rings. The van der Waals surface area contributed by atoms with E-state index in [9.17, 15) is 4.39 Å². The quantitative estimate of drug-likeness (QED) is 0.242. The Morgan fingerprint density at radius 3 is 2.47 bits per heavy atom. The van der Waals surface area contributed by atoms with E-state index < -0.39 is 5.82 Å². The minimum atomic E-state index is -0.434.